The van der Waals surface area contributed by atoms with Crippen LogP contribution in [0.25, 0.3) is 0 Å². The van der Waals surface area contributed by atoms with Crippen LogP contribution in [0.2, 0.25) is 0 Å². The standard InChI is InChI=1S/C16H21F3N2/c17-16(18,19)14-6-3-7-15(8-14,11-20)21-9-12-4-1-2-5-13(12)10-21/h1-2,4-5,14H,3,6-11,20H2. The van der Waals surface area contributed by atoms with Gasteiger partial charge in [0.2, 0.25) is 0 Å². The molecule has 2 atom stereocenters. The summed E-state index contributed by atoms with van der Waals surface area (Å²) in [5.74, 6) is -1.21. The van der Waals surface area contributed by atoms with E-state index in [1.807, 2.05) is 12.1 Å². The molecule has 0 spiro atoms. The van der Waals surface area contributed by atoms with Gasteiger partial charge in [-0.3, -0.25) is 4.90 Å². The Morgan fingerprint density at radius 3 is 2.33 bits per heavy atom. The molecule has 0 saturated heterocycles. The molecule has 2 nitrogen and oxygen atoms in total. The maximum Gasteiger partial charge on any atom is 0.391 e. The number of nitrogens with zero attached hydrogens (tertiary/aromatic N) is 1. The first-order chi connectivity index (χ1) is 9.94. The molecule has 116 valence electrons. The lowest BCUT2D eigenvalue weighted by Crippen LogP contribution is -2.55. The van der Waals surface area contributed by atoms with Gasteiger partial charge in [-0.25, -0.2) is 0 Å². The van der Waals surface area contributed by atoms with Crippen molar-refractivity contribution in [1.29, 1.82) is 0 Å². The molecule has 2 unspecified atom stereocenters. The lowest BCUT2D eigenvalue weighted by atomic mass is 9.74. The van der Waals surface area contributed by atoms with E-state index in [1.165, 1.54) is 11.1 Å². The summed E-state index contributed by atoms with van der Waals surface area (Å²) < 4.78 is 39.3. The average Bonchev–Trinajstić information content (AvgIpc) is 2.91. The maximum atomic E-state index is 13.1. The number of fused-ring (bicyclic) bond motifs is 1. The van der Waals surface area contributed by atoms with Crippen molar-refractivity contribution in [3.8, 4) is 0 Å². The molecular weight excluding hydrogens is 277 g/mol. The third-order valence-electron chi connectivity index (χ3n) is 5.18. The first-order valence-corrected chi connectivity index (χ1v) is 7.53. The van der Waals surface area contributed by atoms with Gasteiger partial charge in [0.1, 0.15) is 0 Å². The maximum absolute atomic E-state index is 13.1. The number of hydrogen-bond acceptors (Lipinski definition) is 2. The highest BCUT2D eigenvalue weighted by molar-refractivity contribution is 5.31. The third-order valence-corrected chi connectivity index (χ3v) is 5.18. The predicted octanol–water partition coefficient (Wildman–Crippen LogP) is 3.45. The van der Waals surface area contributed by atoms with Gasteiger partial charge in [0.15, 0.2) is 0 Å². The zero-order valence-electron chi connectivity index (χ0n) is 12.0. The van der Waals surface area contributed by atoms with Crippen molar-refractivity contribution in [1.82, 2.24) is 4.90 Å². The van der Waals surface area contributed by atoms with E-state index < -0.39 is 17.6 Å². The fourth-order valence-corrected chi connectivity index (χ4v) is 3.89. The molecule has 3 rings (SSSR count). The number of hydrogen-bond donors (Lipinski definition) is 1. The van der Waals surface area contributed by atoms with E-state index in [4.69, 9.17) is 5.73 Å². The molecule has 1 aliphatic heterocycles. The average molecular weight is 298 g/mol. The van der Waals surface area contributed by atoms with Gasteiger partial charge in [0, 0.05) is 25.2 Å². The van der Waals surface area contributed by atoms with Crippen LogP contribution in [0.5, 0.6) is 0 Å². The smallest absolute Gasteiger partial charge is 0.329 e. The van der Waals surface area contributed by atoms with Crippen LogP contribution in [0.3, 0.4) is 0 Å². The molecule has 1 aromatic rings. The van der Waals surface area contributed by atoms with Crippen LogP contribution in [-0.4, -0.2) is 23.2 Å². The van der Waals surface area contributed by atoms with Crippen LogP contribution >= 0.6 is 0 Å². The van der Waals surface area contributed by atoms with E-state index in [-0.39, 0.29) is 12.8 Å². The second-order valence-electron chi connectivity index (χ2n) is 6.39. The van der Waals surface area contributed by atoms with Crippen molar-refractivity contribution in [2.24, 2.45) is 11.7 Å². The summed E-state index contributed by atoms with van der Waals surface area (Å²) in [6.07, 6.45) is -2.35. The third kappa shape index (κ3) is 2.69. The first kappa shape index (κ1) is 14.9. The van der Waals surface area contributed by atoms with Gasteiger partial charge in [0.05, 0.1) is 5.92 Å². The highest BCUT2D eigenvalue weighted by atomic mass is 19.4. The molecule has 0 radical (unpaired) electrons. The lowest BCUT2D eigenvalue weighted by molar-refractivity contribution is -0.194. The Kier molecular flexibility index (Phi) is 3.74. The molecule has 1 aliphatic carbocycles. The summed E-state index contributed by atoms with van der Waals surface area (Å²) >= 11 is 0. The van der Waals surface area contributed by atoms with Gasteiger partial charge in [-0.05, 0) is 30.4 Å². The van der Waals surface area contributed by atoms with Crippen molar-refractivity contribution in [3.63, 3.8) is 0 Å². The minimum atomic E-state index is -4.10. The normalized spacial score (nSPS) is 30.4. The molecule has 1 fully saturated rings. The van der Waals surface area contributed by atoms with Crippen LogP contribution in [-0.2, 0) is 13.1 Å². The van der Waals surface area contributed by atoms with Crippen LogP contribution in [0, 0.1) is 5.92 Å². The largest absolute Gasteiger partial charge is 0.391 e. The Bertz CT molecular complexity index is 489. The van der Waals surface area contributed by atoms with Gasteiger partial charge in [-0.1, -0.05) is 30.7 Å². The molecule has 0 bridgehead atoms. The van der Waals surface area contributed by atoms with Crippen LogP contribution in [0.1, 0.15) is 36.8 Å². The van der Waals surface area contributed by atoms with Crippen LogP contribution in [0.15, 0.2) is 24.3 Å². The Balaban J connectivity index is 1.82. The predicted molar refractivity (Wildman–Crippen MR) is 75.5 cm³/mol. The first-order valence-electron chi connectivity index (χ1n) is 7.53. The van der Waals surface area contributed by atoms with E-state index in [0.717, 1.165) is 19.5 Å². The number of halogens is 3. The van der Waals surface area contributed by atoms with Gasteiger partial charge in [-0.2, -0.15) is 13.2 Å². The Morgan fingerprint density at radius 2 is 1.81 bits per heavy atom. The fourth-order valence-electron chi connectivity index (χ4n) is 3.89. The summed E-state index contributed by atoms with van der Waals surface area (Å²) in [5, 5.41) is 0. The molecule has 1 heterocycles. The van der Waals surface area contributed by atoms with Crippen molar-refractivity contribution in [2.45, 2.75) is 50.5 Å². The summed E-state index contributed by atoms with van der Waals surface area (Å²) in [4.78, 5) is 2.18. The van der Waals surface area contributed by atoms with Gasteiger partial charge < -0.3 is 5.73 Å². The number of rotatable bonds is 2. The number of alkyl halides is 3. The van der Waals surface area contributed by atoms with Crippen LogP contribution in [0.4, 0.5) is 13.2 Å². The molecule has 21 heavy (non-hydrogen) atoms. The van der Waals surface area contributed by atoms with Crippen molar-refractivity contribution < 1.29 is 13.2 Å². The summed E-state index contributed by atoms with van der Waals surface area (Å²) in [6.45, 7) is 1.74. The fraction of sp³-hybridized carbons (Fsp3) is 0.625. The molecule has 5 heteroatoms. The molecule has 0 amide bonds. The van der Waals surface area contributed by atoms with Crippen LogP contribution < -0.4 is 5.73 Å². The van der Waals surface area contributed by atoms with E-state index in [2.05, 4.69) is 17.0 Å². The van der Waals surface area contributed by atoms with E-state index >= 15 is 0 Å². The molecule has 1 aromatic carbocycles. The molecule has 2 N–H and O–H groups in total. The molecule has 1 saturated carbocycles. The van der Waals surface area contributed by atoms with Gasteiger partial charge >= 0.3 is 6.18 Å². The lowest BCUT2D eigenvalue weighted by Gasteiger charge is -2.47. The monoisotopic (exact) mass is 298 g/mol. The minimum Gasteiger partial charge on any atom is -0.329 e. The Labute approximate surface area is 123 Å². The zero-order chi connectivity index (χ0) is 15.1. The summed E-state index contributed by atoms with van der Waals surface area (Å²) in [7, 11) is 0. The highest BCUT2D eigenvalue weighted by Gasteiger charge is 2.50. The topological polar surface area (TPSA) is 29.3 Å². The number of benzene rings is 1. The minimum absolute atomic E-state index is 0.140. The quantitative estimate of drug-likeness (QED) is 0.906. The van der Waals surface area contributed by atoms with Crippen molar-refractivity contribution in [3.05, 3.63) is 35.4 Å². The molecular formula is C16H21F3N2. The molecule has 2 aliphatic rings. The SMILES string of the molecule is NCC1(N2Cc3ccccc3C2)CCCC(C(F)(F)F)C1. The summed E-state index contributed by atoms with van der Waals surface area (Å²) in [5.41, 5.74) is 7.89. The molecule has 0 aromatic heterocycles. The van der Waals surface area contributed by atoms with Gasteiger partial charge in [-0.15, -0.1) is 0 Å². The van der Waals surface area contributed by atoms with Crippen molar-refractivity contribution >= 4 is 0 Å². The van der Waals surface area contributed by atoms with E-state index in [0.29, 0.717) is 13.0 Å². The van der Waals surface area contributed by atoms with Gasteiger partial charge in [0.25, 0.3) is 0 Å². The highest BCUT2D eigenvalue weighted by Crippen LogP contribution is 2.45. The van der Waals surface area contributed by atoms with E-state index in [1.54, 1.807) is 0 Å². The second-order valence-corrected chi connectivity index (χ2v) is 6.39. The van der Waals surface area contributed by atoms with E-state index in [9.17, 15) is 13.2 Å². The zero-order valence-corrected chi connectivity index (χ0v) is 12.0. The summed E-state index contributed by atoms with van der Waals surface area (Å²) in [6, 6.07) is 8.08. The number of nitrogens with two attached hydrogens (primary N) is 1. The second kappa shape index (κ2) is 5.29. The Morgan fingerprint density at radius 1 is 1.19 bits per heavy atom. The Hall–Kier alpha value is -1.07. The van der Waals surface area contributed by atoms with Crippen molar-refractivity contribution in [2.75, 3.05) is 6.54 Å².